The fourth-order valence-electron chi connectivity index (χ4n) is 3.49. The normalized spacial score (nSPS) is 13.9. The fourth-order valence-corrected chi connectivity index (χ4v) is 3.49. The number of nitriles is 1. The second kappa shape index (κ2) is 8.32. The van der Waals surface area contributed by atoms with E-state index < -0.39 is 0 Å². The van der Waals surface area contributed by atoms with Gasteiger partial charge in [-0.05, 0) is 48.6 Å². The molecule has 1 fully saturated rings. The maximum absolute atomic E-state index is 9.66. The maximum atomic E-state index is 9.66. The first-order valence-electron chi connectivity index (χ1n) is 9.78. The number of para-hydroxylation sites is 1. The van der Waals surface area contributed by atoms with Gasteiger partial charge in [0.1, 0.15) is 5.76 Å². The molecule has 0 bridgehead atoms. The molecule has 5 nitrogen and oxygen atoms in total. The Morgan fingerprint density at radius 2 is 2.00 bits per heavy atom. The van der Waals surface area contributed by atoms with E-state index in [-0.39, 0.29) is 0 Å². The van der Waals surface area contributed by atoms with Crippen LogP contribution >= 0.6 is 0 Å². The minimum atomic E-state index is 0.468. The van der Waals surface area contributed by atoms with Crippen LogP contribution in [0.2, 0.25) is 0 Å². The summed E-state index contributed by atoms with van der Waals surface area (Å²) in [5.41, 5.74) is 3.22. The lowest BCUT2D eigenvalue weighted by atomic mass is 10.0. The predicted octanol–water partition coefficient (Wildman–Crippen LogP) is 5.46. The van der Waals surface area contributed by atoms with Gasteiger partial charge in [0.2, 0.25) is 5.75 Å². The van der Waals surface area contributed by atoms with Crippen molar-refractivity contribution < 1.29 is 13.9 Å². The number of benzene rings is 2. The highest BCUT2D eigenvalue weighted by atomic mass is 16.5. The van der Waals surface area contributed by atoms with Crippen LogP contribution in [0.3, 0.4) is 0 Å². The Bertz CT molecular complexity index is 1070. The van der Waals surface area contributed by atoms with Crippen LogP contribution in [-0.4, -0.2) is 14.2 Å². The van der Waals surface area contributed by atoms with Crippen LogP contribution in [0, 0.1) is 17.2 Å². The van der Waals surface area contributed by atoms with E-state index in [2.05, 4.69) is 17.5 Å². The number of rotatable bonds is 8. The van der Waals surface area contributed by atoms with E-state index in [0.717, 1.165) is 34.7 Å². The molecule has 2 aromatic carbocycles. The summed E-state index contributed by atoms with van der Waals surface area (Å²) in [4.78, 5) is 0. The molecule has 1 aliphatic rings. The zero-order valence-corrected chi connectivity index (χ0v) is 16.7. The molecule has 0 atom stereocenters. The molecule has 0 saturated heterocycles. The Morgan fingerprint density at radius 3 is 2.66 bits per heavy atom. The van der Waals surface area contributed by atoms with Crippen molar-refractivity contribution in [3.63, 3.8) is 0 Å². The van der Waals surface area contributed by atoms with E-state index in [1.807, 2.05) is 36.4 Å². The van der Waals surface area contributed by atoms with Crippen molar-refractivity contribution in [2.24, 2.45) is 5.92 Å². The van der Waals surface area contributed by atoms with Gasteiger partial charge in [-0.25, -0.2) is 0 Å². The lowest BCUT2D eigenvalue weighted by Crippen LogP contribution is -1.97. The average Bonchev–Trinajstić information content (AvgIpc) is 3.47. The molecule has 0 spiro atoms. The van der Waals surface area contributed by atoms with Gasteiger partial charge in [-0.3, -0.25) is 0 Å². The zero-order valence-electron chi connectivity index (χ0n) is 16.7. The summed E-state index contributed by atoms with van der Waals surface area (Å²) in [6.07, 6.45) is 5.68. The van der Waals surface area contributed by atoms with Crippen LogP contribution in [0.1, 0.15) is 24.2 Å². The molecule has 5 heteroatoms. The van der Waals surface area contributed by atoms with E-state index in [4.69, 9.17) is 13.9 Å². The fraction of sp³-hybridized carbons (Fsp3) is 0.292. The van der Waals surface area contributed by atoms with Gasteiger partial charge in [0.25, 0.3) is 0 Å². The molecule has 29 heavy (non-hydrogen) atoms. The molecule has 0 radical (unpaired) electrons. The van der Waals surface area contributed by atoms with Crippen LogP contribution in [0.4, 0.5) is 5.69 Å². The summed E-state index contributed by atoms with van der Waals surface area (Å²) in [5, 5.41) is 13.8. The summed E-state index contributed by atoms with van der Waals surface area (Å²) in [5.74, 6) is 2.88. The molecule has 0 unspecified atom stereocenters. The highest BCUT2D eigenvalue weighted by molar-refractivity contribution is 5.90. The van der Waals surface area contributed by atoms with Gasteiger partial charge in [-0.2, -0.15) is 5.26 Å². The van der Waals surface area contributed by atoms with Gasteiger partial charge in [0.05, 0.1) is 20.3 Å². The van der Waals surface area contributed by atoms with Crippen LogP contribution < -0.4 is 14.8 Å². The number of allylic oxidation sites excluding steroid dienone is 1. The number of methoxy groups -OCH3 is 2. The van der Waals surface area contributed by atoms with Crippen molar-refractivity contribution in [2.45, 2.75) is 25.7 Å². The lowest BCUT2D eigenvalue weighted by molar-refractivity contribution is 0.352. The Morgan fingerprint density at radius 1 is 1.21 bits per heavy atom. The average molecular weight is 388 g/mol. The van der Waals surface area contributed by atoms with Crippen molar-refractivity contribution in [1.82, 2.24) is 0 Å². The zero-order chi connectivity index (χ0) is 20.2. The summed E-state index contributed by atoms with van der Waals surface area (Å²) in [6, 6.07) is 16.1. The van der Waals surface area contributed by atoms with Crippen molar-refractivity contribution in [3.8, 4) is 17.6 Å². The first-order chi connectivity index (χ1) is 14.2. The molecule has 1 N–H and O–H groups in total. The second-order valence-corrected chi connectivity index (χ2v) is 7.34. The van der Waals surface area contributed by atoms with Crippen molar-refractivity contribution in [1.29, 1.82) is 5.26 Å². The summed E-state index contributed by atoms with van der Waals surface area (Å²) in [7, 11) is 3.23. The van der Waals surface area contributed by atoms with E-state index in [0.29, 0.717) is 29.1 Å². The smallest absolute Gasteiger partial charge is 0.204 e. The quantitative estimate of drug-likeness (QED) is 0.519. The molecule has 0 amide bonds. The van der Waals surface area contributed by atoms with Gasteiger partial charge < -0.3 is 19.2 Å². The number of furan rings is 1. The van der Waals surface area contributed by atoms with Gasteiger partial charge in [-0.1, -0.05) is 18.2 Å². The van der Waals surface area contributed by atoms with Crippen LogP contribution in [0.15, 0.2) is 58.7 Å². The first kappa shape index (κ1) is 18.9. The van der Waals surface area contributed by atoms with Gasteiger partial charge in [-0.15, -0.1) is 0 Å². The SMILES string of the molecule is COc1cc(C/C(C#N)=C\Nc2ccccc2)c2cc(CC3CC3)oc2c1OC. The second-order valence-electron chi connectivity index (χ2n) is 7.34. The van der Waals surface area contributed by atoms with E-state index >= 15 is 0 Å². The molecular weight excluding hydrogens is 364 g/mol. The molecule has 1 aliphatic carbocycles. The van der Waals surface area contributed by atoms with Crippen LogP contribution in [-0.2, 0) is 12.8 Å². The van der Waals surface area contributed by atoms with Crippen molar-refractivity contribution >= 4 is 16.7 Å². The number of ether oxygens (including phenoxy) is 2. The Kier molecular flexibility index (Phi) is 5.44. The third-order valence-corrected chi connectivity index (χ3v) is 5.19. The van der Waals surface area contributed by atoms with Crippen LogP contribution in [0.5, 0.6) is 11.5 Å². The van der Waals surface area contributed by atoms with E-state index in [1.54, 1.807) is 20.4 Å². The first-order valence-corrected chi connectivity index (χ1v) is 9.78. The summed E-state index contributed by atoms with van der Waals surface area (Å²) >= 11 is 0. The molecule has 1 heterocycles. The number of nitrogens with zero attached hydrogens (tertiary/aromatic N) is 1. The minimum absolute atomic E-state index is 0.468. The topological polar surface area (TPSA) is 67.4 Å². The van der Waals surface area contributed by atoms with E-state index in [9.17, 15) is 5.26 Å². The highest BCUT2D eigenvalue weighted by Crippen LogP contribution is 2.42. The highest BCUT2D eigenvalue weighted by Gasteiger charge is 2.25. The Labute approximate surface area is 170 Å². The van der Waals surface area contributed by atoms with Gasteiger partial charge in [0, 0.05) is 35.7 Å². The molecule has 0 aliphatic heterocycles. The number of anilines is 1. The van der Waals surface area contributed by atoms with Gasteiger partial charge >= 0.3 is 0 Å². The monoisotopic (exact) mass is 388 g/mol. The third-order valence-electron chi connectivity index (χ3n) is 5.19. The molecule has 1 saturated carbocycles. The van der Waals surface area contributed by atoms with Crippen molar-refractivity contribution in [2.75, 3.05) is 19.5 Å². The minimum Gasteiger partial charge on any atom is -0.493 e. The number of fused-ring (bicyclic) bond motifs is 1. The molecule has 1 aromatic heterocycles. The van der Waals surface area contributed by atoms with Crippen LogP contribution in [0.25, 0.3) is 11.0 Å². The maximum Gasteiger partial charge on any atom is 0.204 e. The Balaban J connectivity index is 1.69. The third kappa shape index (κ3) is 4.22. The Hall–Kier alpha value is -3.39. The predicted molar refractivity (Wildman–Crippen MR) is 113 cm³/mol. The lowest BCUT2D eigenvalue weighted by Gasteiger charge is -2.11. The van der Waals surface area contributed by atoms with Crippen molar-refractivity contribution in [3.05, 3.63) is 65.6 Å². The largest absolute Gasteiger partial charge is 0.493 e. The molecular formula is C24H24N2O3. The number of hydrogen-bond acceptors (Lipinski definition) is 5. The van der Waals surface area contributed by atoms with E-state index in [1.165, 1.54) is 12.8 Å². The molecule has 3 aromatic rings. The van der Waals surface area contributed by atoms with Gasteiger partial charge in [0.15, 0.2) is 11.3 Å². The summed E-state index contributed by atoms with van der Waals surface area (Å²) in [6.45, 7) is 0. The standard InChI is InChI=1S/C24H24N2O3/c1-27-22-12-18(10-17(14-25)15-26-19-6-4-3-5-7-19)21-13-20(11-16-8-9-16)29-23(21)24(22)28-2/h3-7,12-13,15-16,26H,8-11H2,1-2H3/b17-15+. The number of nitrogens with one attached hydrogen (secondary N) is 1. The molecule has 4 rings (SSSR count). The summed E-state index contributed by atoms with van der Waals surface area (Å²) < 4.78 is 17.2. The number of hydrogen-bond donors (Lipinski definition) is 1. The molecule has 148 valence electrons.